The first-order valence-corrected chi connectivity index (χ1v) is 9.88. The number of nitrogens with zero attached hydrogens (tertiary/aromatic N) is 2. The van der Waals surface area contributed by atoms with E-state index in [0.29, 0.717) is 11.8 Å². The molecule has 0 bridgehead atoms. The lowest BCUT2D eigenvalue weighted by Gasteiger charge is -2.30. The number of hydrogen-bond donors (Lipinski definition) is 3. The van der Waals surface area contributed by atoms with Gasteiger partial charge in [-0.2, -0.15) is 0 Å². The zero-order chi connectivity index (χ0) is 21.3. The van der Waals surface area contributed by atoms with Crippen LogP contribution in [0.3, 0.4) is 0 Å². The highest BCUT2D eigenvalue weighted by Crippen LogP contribution is 2.20. The van der Waals surface area contributed by atoms with Crippen molar-refractivity contribution in [1.29, 1.82) is 0 Å². The lowest BCUT2D eigenvalue weighted by atomic mass is 9.91. The summed E-state index contributed by atoms with van der Waals surface area (Å²) in [6.07, 6.45) is 4.96. The molecule has 4 N–H and O–H groups in total. The van der Waals surface area contributed by atoms with E-state index in [2.05, 4.69) is 20.6 Å². The molecule has 160 valence electrons. The smallest absolute Gasteiger partial charge is 0.407 e. The van der Waals surface area contributed by atoms with E-state index in [-0.39, 0.29) is 24.2 Å². The molecule has 0 radical (unpaired) electrons. The summed E-state index contributed by atoms with van der Waals surface area (Å²) >= 11 is 0. The predicted octanol–water partition coefficient (Wildman–Crippen LogP) is 3.08. The monoisotopic (exact) mass is 395 g/mol. The van der Waals surface area contributed by atoms with Crippen LogP contribution in [0.4, 0.5) is 4.79 Å². The Labute approximate surface area is 169 Å². The van der Waals surface area contributed by atoms with Gasteiger partial charge in [-0.25, -0.2) is 14.8 Å². The van der Waals surface area contributed by atoms with E-state index < -0.39 is 5.60 Å². The van der Waals surface area contributed by atoms with Crippen LogP contribution < -0.4 is 16.4 Å². The minimum absolute atomic E-state index is 0.133. The summed E-state index contributed by atoms with van der Waals surface area (Å²) in [5.74, 6) is 0.964. The second-order valence-corrected chi connectivity index (χ2v) is 8.11. The number of ether oxygens (including phenoxy) is 2. The van der Waals surface area contributed by atoms with E-state index in [1.807, 2.05) is 41.5 Å². The number of carbonyl (C=O) groups excluding carboxylic acids is 1. The van der Waals surface area contributed by atoms with Gasteiger partial charge in [0.25, 0.3) is 0 Å². The molecule has 1 aliphatic carbocycles. The summed E-state index contributed by atoms with van der Waals surface area (Å²) < 4.78 is 10.4. The van der Waals surface area contributed by atoms with Crippen molar-refractivity contribution in [1.82, 2.24) is 10.6 Å². The molecular formula is C20H37N5O3. The Morgan fingerprint density at radius 1 is 1.18 bits per heavy atom. The number of carbonyl (C=O) groups is 1. The first-order chi connectivity index (χ1) is 13.1. The number of aliphatic imine (C=N–C) groups is 2. The molecule has 0 aromatic rings. The number of nitrogens with one attached hydrogen (secondary N) is 2. The highest BCUT2D eigenvalue weighted by molar-refractivity contribution is 5.87. The van der Waals surface area contributed by atoms with Gasteiger partial charge in [-0.1, -0.05) is 0 Å². The quantitative estimate of drug-likeness (QED) is 0.376. The highest BCUT2D eigenvalue weighted by atomic mass is 16.6. The molecule has 1 saturated carbocycles. The van der Waals surface area contributed by atoms with Gasteiger partial charge in [0, 0.05) is 23.9 Å². The molecular weight excluding hydrogens is 358 g/mol. The third-order valence-electron chi connectivity index (χ3n) is 4.58. The zero-order valence-corrected chi connectivity index (χ0v) is 18.3. The predicted molar refractivity (Wildman–Crippen MR) is 114 cm³/mol. The van der Waals surface area contributed by atoms with Gasteiger partial charge in [0.05, 0.1) is 13.2 Å². The number of hydrogen-bond acceptors (Lipinski definition) is 5. The van der Waals surface area contributed by atoms with Gasteiger partial charge in [0.15, 0.2) is 5.88 Å². The molecule has 1 fully saturated rings. The van der Waals surface area contributed by atoms with E-state index >= 15 is 0 Å². The van der Waals surface area contributed by atoms with Crippen LogP contribution in [0.25, 0.3) is 0 Å². The minimum atomic E-state index is -0.484. The Morgan fingerprint density at radius 3 is 2.18 bits per heavy atom. The molecule has 0 unspecified atom stereocenters. The normalized spacial score (nSPS) is 23.0. The zero-order valence-electron chi connectivity index (χ0n) is 18.3. The third kappa shape index (κ3) is 8.63. The second kappa shape index (κ2) is 10.9. The van der Waals surface area contributed by atoms with Gasteiger partial charge in [-0.3, -0.25) is 0 Å². The van der Waals surface area contributed by atoms with Crippen molar-refractivity contribution in [2.75, 3.05) is 7.11 Å². The second-order valence-electron chi connectivity index (χ2n) is 8.11. The van der Waals surface area contributed by atoms with Crippen LogP contribution in [0, 0.1) is 0 Å². The van der Waals surface area contributed by atoms with Crippen LogP contribution in [-0.2, 0) is 9.47 Å². The number of alkyl carbamates (subject to hydrolysis) is 1. The largest absolute Gasteiger partial charge is 0.483 e. The maximum absolute atomic E-state index is 11.9. The van der Waals surface area contributed by atoms with E-state index in [1.54, 1.807) is 13.3 Å². The van der Waals surface area contributed by atoms with Gasteiger partial charge in [0.2, 0.25) is 5.96 Å². The molecule has 1 rings (SSSR count). The average molecular weight is 396 g/mol. The molecule has 0 saturated heterocycles. The Balaban J connectivity index is 2.61. The van der Waals surface area contributed by atoms with E-state index in [4.69, 9.17) is 15.2 Å². The Kier molecular flexibility index (Phi) is 9.28. The van der Waals surface area contributed by atoms with Crippen molar-refractivity contribution >= 4 is 18.3 Å². The van der Waals surface area contributed by atoms with Gasteiger partial charge in [-0.15, -0.1) is 0 Å². The average Bonchev–Trinajstić information content (AvgIpc) is 2.60. The summed E-state index contributed by atoms with van der Waals surface area (Å²) in [5.41, 5.74) is 6.20. The van der Waals surface area contributed by atoms with Crippen molar-refractivity contribution in [3.8, 4) is 0 Å². The summed E-state index contributed by atoms with van der Waals surface area (Å²) in [6.45, 7) is 11.3. The molecule has 8 nitrogen and oxygen atoms in total. The highest BCUT2D eigenvalue weighted by Gasteiger charge is 2.25. The fourth-order valence-corrected chi connectivity index (χ4v) is 2.92. The minimum Gasteiger partial charge on any atom is -0.483 e. The number of methoxy groups -OCH3 is 1. The van der Waals surface area contributed by atoms with Crippen molar-refractivity contribution in [2.45, 2.75) is 91.0 Å². The van der Waals surface area contributed by atoms with Crippen molar-refractivity contribution in [3.63, 3.8) is 0 Å². The molecule has 0 aliphatic heterocycles. The standard InChI is InChI=1S/C20H37N5O3/c1-8-22-18(23-14(3)13(2)17(21)27-7)24-15-9-11-16(12-10-15)25-19(26)28-20(4,5)6/h8,14-16H,9-12,21H2,1-7H3,(H,23,24)(H,25,26)/b17-13-,22-8-/t14-,15?,16?/m0/s1. The fraction of sp³-hybridized carbons (Fsp3) is 0.750. The van der Waals surface area contributed by atoms with Crippen LogP contribution in [0.15, 0.2) is 21.4 Å². The van der Waals surface area contributed by atoms with E-state index in [9.17, 15) is 4.79 Å². The SMILES string of the molecule is C/C=N\C(=N/[C@@H](C)/C(C)=C(/N)OC)NC1CCC(NC(=O)OC(C)(C)C)CC1. The van der Waals surface area contributed by atoms with Crippen molar-refractivity contribution in [3.05, 3.63) is 11.5 Å². The molecule has 8 heteroatoms. The molecule has 28 heavy (non-hydrogen) atoms. The number of guanidine groups is 1. The van der Waals surface area contributed by atoms with Crippen LogP contribution in [0.2, 0.25) is 0 Å². The van der Waals surface area contributed by atoms with Crippen LogP contribution in [0.5, 0.6) is 0 Å². The molecule has 1 atom stereocenters. The summed E-state index contributed by atoms with van der Waals surface area (Å²) in [4.78, 5) is 20.9. The molecule has 1 amide bonds. The summed E-state index contributed by atoms with van der Waals surface area (Å²) in [5, 5.41) is 6.37. The van der Waals surface area contributed by atoms with Gasteiger partial charge < -0.3 is 25.8 Å². The van der Waals surface area contributed by atoms with E-state index in [0.717, 1.165) is 31.3 Å². The Bertz CT molecular complexity index is 599. The van der Waals surface area contributed by atoms with Gasteiger partial charge in [0.1, 0.15) is 5.60 Å². The maximum Gasteiger partial charge on any atom is 0.407 e. The molecule has 1 aliphatic rings. The number of nitrogens with two attached hydrogens (primary N) is 1. The van der Waals surface area contributed by atoms with E-state index in [1.165, 1.54) is 0 Å². The molecule has 0 heterocycles. The van der Waals surface area contributed by atoms with Gasteiger partial charge >= 0.3 is 6.09 Å². The first-order valence-electron chi connectivity index (χ1n) is 9.88. The number of rotatable bonds is 5. The Morgan fingerprint density at radius 2 is 1.71 bits per heavy atom. The topological polar surface area (TPSA) is 110 Å². The molecule has 0 aromatic heterocycles. The summed E-state index contributed by atoms with van der Waals surface area (Å²) in [6, 6.07) is 0.250. The Hall–Kier alpha value is -2.25. The molecule has 0 spiro atoms. The van der Waals surface area contributed by atoms with Crippen molar-refractivity contribution in [2.24, 2.45) is 15.7 Å². The maximum atomic E-state index is 11.9. The third-order valence-corrected chi connectivity index (χ3v) is 4.58. The van der Waals surface area contributed by atoms with Crippen LogP contribution in [0.1, 0.15) is 67.2 Å². The summed E-state index contributed by atoms with van der Waals surface area (Å²) in [7, 11) is 1.54. The van der Waals surface area contributed by atoms with Crippen molar-refractivity contribution < 1.29 is 14.3 Å². The van der Waals surface area contributed by atoms with Crippen LogP contribution >= 0.6 is 0 Å². The lowest BCUT2D eigenvalue weighted by molar-refractivity contribution is 0.0490. The number of amides is 1. The first kappa shape index (κ1) is 23.8. The van der Waals surface area contributed by atoms with Gasteiger partial charge in [-0.05, 0) is 67.2 Å². The fourth-order valence-electron chi connectivity index (χ4n) is 2.92. The molecule has 0 aromatic carbocycles. The van der Waals surface area contributed by atoms with Crippen LogP contribution in [-0.4, -0.2) is 49.1 Å². The lowest BCUT2D eigenvalue weighted by Crippen LogP contribution is -2.45.